The van der Waals surface area contributed by atoms with Gasteiger partial charge in [0.15, 0.2) is 15.8 Å². The minimum atomic E-state index is -0.816. The maximum absolute atomic E-state index is 12.2. The minimum Gasteiger partial charge on any atom is -0.493 e. The average Bonchev–Trinajstić information content (AvgIpc) is 3.40. The molecule has 3 amide bonds. The van der Waals surface area contributed by atoms with Gasteiger partial charge in [0.05, 0.1) is 35.7 Å². The van der Waals surface area contributed by atoms with Gasteiger partial charge in [-0.15, -0.1) is 11.3 Å². The molecular formula is C22H18N4O6S3. The highest BCUT2D eigenvalue weighted by Crippen LogP contribution is 2.30. The number of amides is 3. The molecule has 35 heavy (non-hydrogen) atoms. The summed E-state index contributed by atoms with van der Waals surface area (Å²) in [5.74, 6) is -0.894. The van der Waals surface area contributed by atoms with Gasteiger partial charge < -0.3 is 9.47 Å². The van der Waals surface area contributed by atoms with Gasteiger partial charge in [0, 0.05) is 0 Å². The third kappa shape index (κ3) is 6.59. The Bertz CT molecular complexity index is 1290. The van der Waals surface area contributed by atoms with Crippen LogP contribution in [0.5, 0.6) is 11.5 Å². The number of carbonyl (C=O) groups is 4. The van der Waals surface area contributed by atoms with E-state index in [9.17, 15) is 19.2 Å². The predicted molar refractivity (Wildman–Crippen MR) is 134 cm³/mol. The molecule has 3 aromatic rings. The third-order valence-corrected chi connectivity index (χ3v) is 7.70. The monoisotopic (exact) mass is 530 g/mol. The first-order valence-electron chi connectivity index (χ1n) is 10.1. The average molecular weight is 531 g/mol. The molecule has 1 atom stereocenters. The fourth-order valence-corrected chi connectivity index (χ4v) is 5.61. The molecule has 0 aliphatic carbocycles. The number of para-hydroxylation sites is 1. The molecule has 180 valence electrons. The molecule has 2 aromatic carbocycles. The van der Waals surface area contributed by atoms with Crippen LogP contribution in [0.2, 0.25) is 0 Å². The van der Waals surface area contributed by atoms with Gasteiger partial charge in [0.1, 0.15) is 5.25 Å². The first-order valence-corrected chi connectivity index (χ1v) is 12.8. The van der Waals surface area contributed by atoms with E-state index in [1.54, 1.807) is 12.1 Å². The second-order valence-electron chi connectivity index (χ2n) is 7.00. The summed E-state index contributed by atoms with van der Waals surface area (Å²) in [6.07, 6.45) is 1.18. The Balaban J connectivity index is 1.28. The lowest BCUT2D eigenvalue weighted by Crippen LogP contribution is -2.27. The standard InChI is InChI=1S/C22H18N4O6S3/c1-31-15-8-12(6-7-14(15)32-19(28)9-17-20(29)25-21(30)34-17)10-23-26-18(27)11-33-22-24-13-4-2-3-5-16(13)35-22/h2-8,10,17H,9,11H2,1H3,(H,26,27)(H,25,29,30)/b23-10-. The number of hydrazone groups is 1. The summed E-state index contributed by atoms with van der Waals surface area (Å²) < 4.78 is 12.4. The highest BCUT2D eigenvalue weighted by atomic mass is 32.2. The van der Waals surface area contributed by atoms with Crippen LogP contribution in [-0.2, 0) is 14.4 Å². The normalized spacial score (nSPS) is 15.4. The summed E-state index contributed by atoms with van der Waals surface area (Å²) in [5, 5.41) is 4.76. The highest BCUT2D eigenvalue weighted by molar-refractivity contribution is 8.15. The van der Waals surface area contributed by atoms with Crippen LogP contribution in [0.1, 0.15) is 12.0 Å². The molecule has 10 nitrogen and oxygen atoms in total. The summed E-state index contributed by atoms with van der Waals surface area (Å²) in [4.78, 5) is 51.6. The van der Waals surface area contributed by atoms with Crippen molar-refractivity contribution in [2.75, 3.05) is 12.9 Å². The van der Waals surface area contributed by atoms with Crippen molar-refractivity contribution < 1.29 is 28.7 Å². The molecular weight excluding hydrogens is 512 g/mol. The Hall–Kier alpha value is -3.42. The number of rotatable bonds is 9. The van der Waals surface area contributed by atoms with Crippen LogP contribution in [0.3, 0.4) is 0 Å². The number of nitrogens with one attached hydrogen (secondary N) is 2. The van der Waals surface area contributed by atoms with Gasteiger partial charge in [-0.1, -0.05) is 35.7 Å². The van der Waals surface area contributed by atoms with E-state index in [1.807, 2.05) is 24.3 Å². The van der Waals surface area contributed by atoms with E-state index in [4.69, 9.17) is 9.47 Å². The number of ether oxygens (including phenoxy) is 2. The molecule has 1 unspecified atom stereocenters. The lowest BCUT2D eigenvalue weighted by Gasteiger charge is -2.10. The highest BCUT2D eigenvalue weighted by Gasteiger charge is 2.34. The van der Waals surface area contributed by atoms with Crippen molar-refractivity contribution in [2.45, 2.75) is 16.0 Å². The summed E-state index contributed by atoms with van der Waals surface area (Å²) in [6.45, 7) is 0. The second-order valence-corrected chi connectivity index (χ2v) is 10.4. The number of benzene rings is 2. The number of methoxy groups -OCH3 is 1. The molecule has 4 rings (SSSR count). The maximum atomic E-state index is 12.2. The van der Waals surface area contributed by atoms with Crippen molar-refractivity contribution in [3.8, 4) is 11.5 Å². The van der Waals surface area contributed by atoms with Crippen molar-refractivity contribution >= 4 is 74.3 Å². The number of aromatic nitrogens is 1. The molecule has 0 radical (unpaired) electrons. The molecule has 1 saturated heterocycles. The van der Waals surface area contributed by atoms with Gasteiger partial charge >= 0.3 is 5.97 Å². The van der Waals surface area contributed by atoms with Crippen LogP contribution in [-0.4, -0.2) is 52.3 Å². The summed E-state index contributed by atoms with van der Waals surface area (Å²) in [5.41, 5.74) is 3.96. The Morgan fingerprint density at radius 3 is 2.80 bits per heavy atom. The Kier molecular flexibility index (Phi) is 8.00. The largest absolute Gasteiger partial charge is 0.493 e. The molecule has 1 aliphatic rings. The summed E-state index contributed by atoms with van der Waals surface area (Å²) in [7, 11) is 1.41. The van der Waals surface area contributed by atoms with Gasteiger partial charge in [-0.3, -0.25) is 24.5 Å². The second kappa shape index (κ2) is 11.3. The van der Waals surface area contributed by atoms with Crippen LogP contribution in [0.15, 0.2) is 51.9 Å². The molecule has 0 spiro atoms. The Morgan fingerprint density at radius 2 is 2.06 bits per heavy atom. The van der Waals surface area contributed by atoms with E-state index < -0.39 is 22.4 Å². The molecule has 13 heteroatoms. The molecule has 2 N–H and O–H groups in total. The lowest BCUT2D eigenvalue weighted by atomic mass is 10.2. The predicted octanol–water partition coefficient (Wildman–Crippen LogP) is 3.19. The number of thiazole rings is 1. The van der Waals surface area contributed by atoms with Crippen molar-refractivity contribution in [1.82, 2.24) is 15.7 Å². The minimum absolute atomic E-state index is 0.153. The SMILES string of the molecule is COc1cc(/C=N\NC(=O)CSc2nc3ccccc3s2)ccc1OC(=O)CC1SC(=O)NC1=O. The van der Waals surface area contributed by atoms with E-state index in [0.29, 0.717) is 5.56 Å². The molecule has 0 saturated carbocycles. The fourth-order valence-electron chi connectivity index (χ4n) is 2.94. The quantitative estimate of drug-likeness (QED) is 0.140. The zero-order valence-corrected chi connectivity index (χ0v) is 20.6. The van der Waals surface area contributed by atoms with E-state index in [2.05, 4.69) is 20.8 Å². The first kappa shape index (κ1) is 24.7. The van der Waals surface area contributed by atoms with Crippen molar-refractivity contribution in [1.29, 1.82) is 0 Å². The number of nitrogens with zero attached hydrogens (tertiary/aromatic N) is 2. The maximum Gasteiger partial charge on any atom is 0.312 e. The van der Waals surface area contributed by atoms with E-state index >= 15 is 0 Å². The molecule has 0 bridgehead atoms. The van der Waals surface area contributed by atoms with Crippen LogP contribution >= 0.6 is 34.9 Å². The van der Waals surface area contributed by atoms with E-state index in [-0.39, 0.29) is 29.6 Å². The van der Waals surface area contributed by atoms with Crippen molar-refractivity contribution in [3.63, 3.8) is 0 Å². The number of esters is 1. The van der Waals surface area contributed by atoms with Crippen LogP contribution < -0.4 is 20.2 Å². The zero-order chi connectivity index (χ0) is 24.8. The van der Waals surface area contributed by atoms with Crippen molar-refractivity contribution in [3.05, 3.63) is 48.0 Å². The number of imide groups is 1. The van der Waals surface area contributed by atoms with Gasteiger partial charge in [-0.25, -0.2) is 10.4 Å². The van der Waals surface area contributed by atoms with Gasteiger partial charge in [-0.05, 0) is 35.9 Å². The van der Waals surface area contributed by atoms with Gasteiger partial charge in [0.25, 0.3) is 11.1 Å². The number of thioether (sulfide) groups is 2. The fraction of sp³-hybridized carbons (Fsp3) is 0.182. The van der Waals surface area contributed by atoms with Crippen LogP contribution in [0, 0.1) is 0 Å². The van der Waals surface area contributed by atoms with Crippen LogP contribution in [0.25, 0.3) is 10.2 Å². The number of carbonyl (C=O) groups excluding carboxylic acids is 4. The molecule has 1 aromatic heterocycles. The first-order chi connectivity index (χ1) is 16.9. The summed E-state index contributed by atoms with van der Waals surface area (Å²) in [6, 6.07) is 12.5. The zero-order valence-electron chi connectivity index (χ0n) is 18.2. The lowest BCUT2D eigenvalue weighted by molar-refractivity contribution is -0.136. The Morgan fingerprint density at radius 1 is 1.23 bits per heavy atom. The molecule has 1 fully saturated rings. The molecule has 2 heterocycles. The number of hydrogen-bond acceptors (Lipinski definition) is 11. The van der Waals surface area contributed by atoms with Gasteiger partial charge in [0.2, 0.25) is 5.91 Å². The number of fused-ring (bicyclic) bond motifs is 1. The van der Waals surface area contributed by atoms with Crippen molar-refractivity contribution in [2.24, 2.45) is 5.10 Å². The van der Waals surface area contributed by atoms with E-state index in [0.717, 1.165) is 26.3 Å². The van der Waals surface area contributed by atoms with Gasteiger partial charge in [-0.2, -0.15) is 5.10 Å². The van der Waals surface area contributed by atoms with E-state index in [1.165, 1.54) is 42.5 Å². The Labute approximate surface area is 211 Å². The number of hydrogen-bond donors (Lipinski definition) is 2. The smallest absolute Gasteiger partial charge is 0.312 e. The van der Waals surface area contributed by atoms with Crippen LogP contribution in [0.4, 0.5) is 4.79 Å². The molecule has 1 aliphatic heterocycles. The summed E-state index contributed by atoms with van der Waals surface area (Å²) >= 11 is 3.61. The third-order valence-electron chi connectivity index (χ3n) is 4.53. The topological polar surface area (TPSA) is 136 Å².